The molecule has 1 aromatic carbocycles. The van der Waals surface area contributed by atoms with Crippen molar-refractivity contribution in [2.24, 2.45) is 11.7 Å². The SMILES string of the molecule is C[C@@H](C#N)C[C@@H](NC(=O)c1cccc([N+](=O)[O-])c1)C(N)=O. The molecule has 8 nitrogen and oxygen atoms in total. The number of rotatable bonds is 6. The first-order chi connectivity index (χ1) is 9.85. The summed E-state index contributed by atoms with van der Waals surface area (Å²) in [6.45, 7) is 1.59. The summed E-state index contributed by atoms with van der Waals surface area (Å²) in [5.41, 5.74) is 4.98. The zero-order valence-electron chi connectivity index (χ0n) is 11.3. The molecule has 0 unspecified atom stereocenters. The molecule has 0 heterocycles. The van der Waals surface area contributed by atoms with E-state index in [1.54, 1.807) is 6.92 Å². The van der Waals surface area contributed by atoms with Gasteiger partial charge in [0.2, 0.25) is 5.91 Å². The van der Waals surface area contributed by atoms with Gasteiger partial charge in [-0.1, -0.05) is 6.07 Å². The van der Waals surface area contributed by atoms with E-state index >= 15 is 0 Å². The van der Waals surface area contributed by atoms with E-state index in [0.717, 1.165) is 6.07 Å². The van der Waals surface area contributed by atoms with Crippen LogP contribution in [0.1, 0.15) is 23.7 Å². The van der Waals surface area contributed by atoms with Gasteiger partial charge < -0.3 is 11.1 Å². The normalized spacial score (nSPS) is 12.8. The maximum Gasteiger partial charge on any atom is 0.270 e. The zero-order chi connectivity index (χ0) is 16.0. The second-order valence-electron chi connectivity index (χ2n) is 4.50. The first-order valence-electron chi connectivity index (χ1n) is 6.09. The van der Waals surface area contributed by atoms with Gasteiger partial charge in [-0.15, -0.1) is 0 Å². The molecule has 2 atom stereocenters. The van der Waals surface area contributed by atoms with Gasteiger partial charge >= 0.3 is 0 Å². The Morgan fingerprint density at radius 2 is 2.19 bits per heavy atom. The summed E-state index contributed by atoms with van der Waals surface area (Å²) in [4.78, 5) is 33.3. The van der Waals surface area contributed by atoms with Crippen LogP contribution in [0.3, 0.4) is 0 Å². The molecule has 0 fully saturated rings. The summed E-state index contributed by atoms with van der Waals surface area (Å²) in [6.07, 6.45) is 0.0759. The molecule has 21 heavy (non-hydrogen) atoms. The Bertz CT molecular complexity index is 608. The lowest BCUT2D eigenvalue weighted by atomic mass is 10.0. The fourth-order valence-electron chi connectivity index (χ4n) is 1.65. The number of hydrogen-bond acceptors (Lipinski definition) is 5. The average molecular weight is 290 g/mol. The predicted octanol–water partition coefficient (Wildman–Crippen LogP) is 0.728. The number of nitro groups is 1. The van der Waals surface area contributed by atoms with Crippen molar-refractivity contribution < 1.29 is 14.5 Å². The molecule has 0 aromatic heterocycles. The van der Waals surface area contributed by atoms with Gasteiger partial charge in [0, 0.05) is 23.6 Å². The summed E-state index contributed by atoms with van der Waals surface area (Å²) in [7, 11) is 0. The van der Waals surface area contributed by atoms with Gasteiger partial charge in [0.15, 0.2) is 0 Å². The summed E-state index contributed by atoms with van der Waals surface area (Å²) in [5.74, 6) is -1.89. The van der Waals surface area contributed by atoms with Crippen LogP contribution >= 0.6 is 0 Å². The number of benzene rings is 1. The van der Waals surface area contributed by atoms with E-state index in [-0.39, 0.29) is 17.7 Å². The van der Waals surface area contributed by atoms with Gasteiger partial charge in [0.05, 0.1) is 11.0 Å². The van der Waals surface area contributed by atoms with Crippen molar-refractivity contribution in [1.82, 2.24) is 5.32 Å². The van der Waals surface area contributed by atoms with E-state index in [4.69, 9.17) is 11.0 Å². The molecule has 0 bridgehead atoms. The Labute approximate surface area is 120 Å². The Morgan fingerprint density at radius 3 is 2.71 bits per heavy atom. The molecule has 8 heteroatoms. The van der Waals surface area contributed by atoms with Gasteiger partial charge in [0.25, 0.3) is 11.6 Å². The lowest BCUT2D eigenvalue weighted by Gasteiger charge is -2.16. The molecule has 3 N–H and O–H groups in total. The van der Waals surface area contributed by atoms with Crippen LogP contribution in [-0.2, 0) is 4.79 Å². The minimum atomic E-state index is -1.01. The maximum atomic E-state index is 12.0. The number of nitrogens with one attached hydrogen (secondary N) is 1. The summed E-state index contributed by atoms with van der Waals surface area (Å²) < 4.78 is 0. The van der Waals surface area contributed by atoms with Crippen molar-refractivity contribution >= 4 is 17.5 Å². The second-order valence-corrected chi connectivity index (χ2v) is 4.50. The molecular formula is C13H14N4O4. The molecule has 1 rings (SSSR count). The van der Waals surface area contributed by atoms with E-state index in [1.807, 2.05) is 6.07 Å². The summed E-state index contributed by atoms with van der Waals surface area (Å²) in [5, 5.41) is 21.8. The summed E-state index contributed by atoms with van der Waals surface area (Å²) in [6, 6.07) is 6.03. The highest BCUT2D eigenvalue weighted by molar-refractivity contribution is 5.97. The fourth-order valence-corrected chi connectivity index (χ4v) is 1.65. The third-order valence-electron chi connectivity index (χ3n) is 2.78. The van der Waals surface area contributed by atoms with Crippen LogP contribution in [0.25, 0.3) is 0 Å². The average Bonchev–Trinajstić information content (AvgIpc) is 2.46. The smallest absolute Gasteiger partial charge is 0.270 e. The third kappa shape index (κ3) is 4.58. The van der Waals surface area contributed by atoms with Crippen molar-refractivity contribution in [1.29, 1.82) is 5.26 Å². The highest BCUT2D eigenvalue weighted by atomic mass is 16.6. The van der Waals surface area contributed by atoms with Crippen molar-refractivity contribution in [3.05, 3.63) is 39.9 Å². The summed E-state index contributed by atoms with van der Waals surface area (Å²) >= 11 is 0. The van der Waals surface area contributed by atoms with Gasteiger partial charge in [0.1, 0.15) is 6.04 Å². The predicted molar refractivity (Wildman–Crippen MR) is 72.9 cm³/mol. The van der Waals surface area contributed by atoms with Crippen LogP contribution < -0.4 is 11.1 Å². The van der Waals surface area contributed by atoms with E-state index < -0.39 is 28.7 Å². The van der Waals surface area contributed by atoms with Crippen LogP contribution in [0.2, 0.25) is 0 Å². The molecule has 0 aliphatic carbocycles. The number of hydrogen-bond donors (Lipinski definition) is 2. The van der Waals surface area contributed by atoms with Crippen molar-refractivity contribution in [2.75, 3.05) is 0 Å². The van der Waals surface area contributed by atoms with Gasteiger partial charge in [-0.25, -0.2) is 0 Å². The standard InChI is InChI=1S/C13H14N4O4/c1-8(7-14)5-11(12(15)18)16-13(19)9-3-2-4-10(6-9)17(20)21/h2-4,6,8,11H,5H2,1H3,(H2,15,18)(H,16,19)/t8-,11-/m1/s1. The van der Waals surface area contributed by atoms with Gasteiger partial charge in [-0.2, -0.15) is 5.26 Å². The first-order valence-corrected chi connectivity index (χ1v) is 6.09. The number of nitrogens with two attached hydrogens (primary N) is 1. The lowest BCUT2D eigenvalue weighted by Crippen LogP contribution is -2.45. The lowest BCUT2D eigenvalue weighted by molar-refractivity contribution is -0.384. The quantitative estimate of drug-likeness (QED) is 0.587. The van der Waals surface area contributed by atoms with Crippen LogP contribution in [0.4, 0.5) is 5.69 Å². The Balaban J connectivity index is 2.87. The van der Waals surface area contributed by atoms with Crippen LogP contribution in [0, 0.1) is 27.4 Å². The number of carbonyl (C=O) groups excluding carboxylic acids is 2. The van der Waals surface area contributed by atoms with E-state index in [0.29, 0.717) is 0 Å². The van der Waals surface area contributed by atoms with Crippen molar-refractivity contribution in [3.63, 3.8) is 0 Å². The second kappa shape index (κ2) is 7.00. The fraction of sp³-hybridized carbons (Fsp3) is 0.308. The largest absolute Gasteiger partial charge is 0.368 e. The number of primary amides is 1. The minimum Gasteiger partial charge on any atom is -0.368 e. The molecule has 0 spiro atoms. The molecule has 0 saturated heterocycles. The first kappa shape index (κ1) is 16.1. The molecule has 110 valence electrons. The van der Waals surface area contributed by atoms with E-state index in [1.165, 1.54) is 18.2 Å². The number of carbonyl (C=O) groups is 2. The van der Waals surface area contributed by atoms with Crippen molar-refractivity contribution in [2.45, 2.75) is 19.4 Å². The molecule has 0 saturated carbocycles. The topological polar surface area (TPSA) is 139 Å². The maximum absolute atomic E-state index is 12.0. The molecule has 2 amide bonds. The number of nitrogens with zero attached hydrogens (tertiary/aromatic N) is 2. The van der Waals surface area contributed by atoms with Crippen LogP contribution in [0.15, 0.2) is 24.3 Å². The molecule has 0 aliphatic heterocycles. The Hall–Kier alpha value is -2.95. The number of nitro benzene ring substituents is 1. The molecule has 0 radical (unpaired) electrons. The number of non-ortho nitro benzene ring substituents is 1. The van der Waals surface area contributed by atoms with Gasteiger partial charge in [-0.3, -0.25) is 19.7 Å². The molecule has 0 aliphatic rings. The van der Waals surface area contributed by atoms with Crippen LogP contribution in [-0.4, -0.2) is 22.8 Å². The van der Waals surface area contributed by atoms with E-state index in [2.05, 4.69) is 5.32 Å². The Morgan fingerprint density at radius 1 is 1.52 bits per heavy atom. The van der Waals surface area contributed by atoms with E-state index in [9.17, 15) is 19.7 Å². The third-order valence-corrected chi connectivity index (χ3v) is 2.78. The Kier molecular flexibility index (Phi) is 5.37. The van der Waals surface area contributed by atoms with Gasteiger partial charge in [-0.05, 0) is 19.4 Å². The number of amides is 2. The van der Waals surface area contributed by atoms with Crippen molar-refractivity contribution in [3.8, 4) is 6.07 Å². The highest BCUT2D eigenvalue weighted by Gasteiger charge is 2.22. The molecule has 1 aromatic rings. The molecular weight excluding hydrogens is 276 g/mol. The number of nitriles is 1. The van der Waals surface area contributed by atoms with Crippen LogP contribution in [0.5, 0.6) is 0 Å². The highest BCUT2D eigenvalue weighted by Crippen LogP contribution is 2.13. The monoisotopic (exact) mass is 290 g/mol. The minimum absolute atomic E-state index is 0.0417. The zero-order valence-corrected chi connectivity index (χ0v) is 11.3.